The number of nitrogens with zero attached hydrogens (tertiary/aromatic N) is 1. The number of amidine groups is 1. The molecule has 0 saturated heterocycles. The van der Waals surface area contributed by atoms with Gasteiger partial charge in [-0.15, -0.1) is 12.3 Å². The summed E-state index contributed by atoms with van der Waals surface area (Å²) in [6.45, 7) is 0. The molecule has 0 aromatic carbocycles. The van der Waals surface area contributed by atoms with Crippen molar-refractivity contribution in [3.8, 4) is 12.3 Å². The first-order valence-electron chi connectivity index (χ1n) is 2.44. The zero-order valence-corrected chi connectivity index (χ0v) is 5.04. The van der Waals surface area contributed by atoms with Gasteiger partial charge in [-0.25, -0.2) is 0 Å². The van der Waals surface area contributed by atoms with Crippen molar-refractivity contribution >= 4 is 5.84 Å². The van der Waals surface area contributed by atoms with E-state index in [2.05, 4.69) is 11.0 Å². The zero-order chi connectivity index (χ0) is 7.28. The highest BCUT2D eigenvalue weighted by molar-refractivity contribution is 5.85. The molecule has 0 spiro atoms. The lowest BCUT2D eigenvalue weighted by Crippen LogP contribution is -2.37. The summed E-state index contributed by atoms with van der Waals surface area (Å²) in [4.78, 5) is 0. The van der Waals surface area contributed by atoms with Crippen LogP contribution in [0.2, 0.25) is 0 Å². The lowest BCUT2D eigenvalue weighted by Gasteiger charge is -2.03. The molecule has 4 heteroatoms. The molecule has 9 heavy (non-hydrogen) atoms. The van der Waals surface area contributed by atoms with Gasteiger partial charge in [-0.05, 0) is 0 Å². The summed E-state index contributed by atoms with van der Waals surface area (Å²) >= 11 is 0. The summed E-state index contributed by atoms with van der Waals surface area (Å²) in [6.07, 6.45) is 5.31. The van der Waals surface area contributed by atoms with Gasteiger partial charge in [0.05, 0.1) is 6.04 Å². The number of rotatable bonds is 2. The maximum atomic E-state index is 5.36. The fourth-order valence-corrected chi connectivity index (χ4v) is 0.327. The molecule has 1 atom stereocenters. The summed E-state index contributed by atoms with van der Waals surface area (Å²) in [7, 11) is 0. The second kappa shape index (κ2) is 3.75. The van der Waals surface area contributed by atoms with Gasteiger partial charge in [-0.3, -0.25) is 0 Å². The van der Waals surface area contributed by atoms with Gasteiger partial charge in [0.25, 0.3) is 0 Å². The lowest BCUT2D eigenvalue weighted by molar-refractivity contribution is 0.876. The maximum Gasteiger partial charge on any atom is 0.137 e. The quantitative estimate of drug-likeness (QED) is 0.139. The summed E-state index contributed by atoms with van der Waals surface area (Å²) in [6, 6.07) is -0.403. The van der Waals surface area contributed by atoms with Crippen LogP contribution in [0.1, 0.15) is 6.42 Å². The highest BCUT2D eigenvalue weighted by Gasteiger charge is 2.02. The van der Waals surface area contributed by atoms with Gasteiger partial charge in [-0.2, -0.15) is 5.10 Å². The predicted molar refractivity (Wildman–Crippen MR) is 37.2 cm³/mol. The molecule has 6 N–H and O–H groups in total. The molecule has 0 aliphatic rings. The molecule has 0 fully saturated rings. The molecule has 0 saturated carbocycles. The van der Waals surface area contributed by atoms with E-state index in [0.717, 1.165) is 0 Å². The number of hydrogen-bond donors (Lipinski definition) is 3. The number of hydrogen-bond acceptors (Lipinski definition) is 3. The van der Waals surface area contributed by atoms with Crippen molar-refractivity contribution in [1.82, 2.24) is 0 Å². The van der Waals surface area contributed by atoms with Crippen molar-refractivity contribution in [3.63, 3.8) is 0 Å². The Hall–Kier alpha value is -1.21. The molecule has 0 aromatic heterocycles. The minimum Gasteiger partial charge on any atom is -0.384 e. The van der Waals surface area contributed by atoms with E-state index >= 15 is 0 Å². The number of terminal acetylenes is 1. The van der Waals surface area contributed by atoms with Gasteiger partial charge in [0.1, 0.15) is 5.84 Å². The van der Waals surface area contributed by atoms with Gasteiger partial charge in [0.2, 0.25) is 0 Å². The topological polar surface area (TPSA) is 90.4 Å². The van der Waals surface area contributed by atoms with E-state index < -0.39 is 6.04 Å². The van der Waals surface area contributed by atoms with E-state index in [0.29, 0.717) is 6.42 Å². The third-order valence-electron chi connectivity index (χ3n) is 0.867. The number of nitrogens with two attached hydrogens (primary N) is 3. The largest absolute Gasteiger partial charge is 0.384 e. The Labute approximate surface area is 54.1 Å². The highest BCUT2D eigenvalue weighted by atomic mass is 15.2. The average Bonchev–Trinajstić information content (AvgIpc) is 1.87. The van der Waals surface area contributed by atoms with E-state index in [1.165, 1.54) is 0 Å². The molecule has 0 radical (unpaired) electrons. The third kappa shape index (κ3) is 2.57. The minimum absolute atomic E-state index is 0.188. The van der Waals surface area contributed by atoms with Crippen LogP contribution in [-0.4, -0.2) is 11.9 Å². The van der Waals surface area contributed by atoms with Gasteiger partial charge in [0, 0.05) is 6.42 Å². The standard InChI is InChI=1S/C5H10N4/c1-2-3-4(6)5(7)9-8/h1,4H,3,6,8H2,(H2,7,9)/t4-/m0/s1. The van der Waals surface area contributed by atoms with Crippen LogP contribution in [0.3, 0.4) is 0 Å². The number of hydrazone groups is 1. The fourth-order valence-electron chi connectivity index (χ4n) is 0.327. The van der Waals surface area contributed by atoms with E-state index in [1.54, 1.807) is 0 Å². The van der Waals surface area contributed by atoms with Crippen LogP contribution in [0.4, 0.5) is 0 Å². The molecule has 0 aromatic rings. The second-order valence-electron chi connectivity index (χ2n) is 1.57. The van der Waals surface area contributed by atoms with Crippen molar-refractivity contribution < 1.29 is 0 Å². The first kappa shape index (κ1) is 7.79. The molecule has 0 bridgehead atoms. The molecule has 0 aliphatic heterocycles. The van der Waals surface area contributed by atoms with Crippen molar-refractivity contribution in [1.29, 1.82) is 0 Å². The van der Waals surface area contributed by atoms with Gasteiger partial charge in [0.15, 0.2) is 0 Å². The molecule has 50 valence electrons. The minimum atomic E-state index is -0.403. The molecule has 4 nitrogen and oxygen atoms in total. The Balaban J connectivity index is 3.76. The molecule has 0 aliphatic carbocycles. The Morgan fingerprint density at radius 1 is 1.78 bits per heavy atom. The maximum absolute atomic E-state index is 5.36. The third-order valence-corrected chi connectivity index (χ3v) is 0.867. The van der Waals surface area contributed by atoms with Crippen LogP contribution in [0.25, 0.3) is 0 Å². The van der Waals surface area contributed by atoms with Crippen molar-refractivity contribution in [2.75, 3.05) is 0 Å². The summed E-state index contributed by atoms with van der Waals surface area (Å²) in [5.74, 6) is 7.35. The van der Waals surface area contributed by atoms with Crippen molar-refractivity contribution in [2.24, 2.45) is 22.4 Å². The summed E-state index contributed by atoms with van der Waals surface area (Å²) in [5.41, 5.74) is 10.6. The van der Waals surface area contributed by atoms with Crippen LogP contribution in [0, 0.1) is 12.3 Å². The smallest absolute Gasteiger partial charge is 0.137 e. The SMILES string of the molecule is C#CC[C@H](N)/C(N)=N/N. The first-order chi connectivity index (χ1) is 4.22. The van der Waals surface area contributed by atoms with Crippen LogP contribution in [0.15, 0.2) is 5.10 Å². The summed E-state index contributed by atoms with van der Waals surface area (Å²) in [5, 5.41) is 3.18. The first-order valence-corrected chi connectivity index (χ1v) is 2.44. The van der Waals surface area contributed by atoms with Gasteiger partial charge < -0.3 is 17.3 Å². The highest BCUT2D eigenvalue weighted by Crippen LogP contribution is 1.82. The fraction of sp³-hybridized carbons (Fsp3) is 0.400. The molecule has 0 amide bonds. The Morgan fingerprint density at radius 3 is 2.67 bits per heavy atom. The Kier molecular flexibility index (Phi) is 3.25. The van der Waals surface area contributed by atoms with Gasteiger partial charge >= 0.3 is 0 Å². The van der Waals surface area contributed by atoms with Crippen molar-refractivity contribution in [2.45, 2.75) is 12.5 Å². The second-order valence-corrected chi connectivity index (χ2v) is 1.57. The predicted octanol–water partition coefficient (Wildman–Crippen LogP) is -1.43. The van der Waals surface area contributed by atoms with Crippen LogP contribution in [-0.2, 0) is 0 Å². The Morgan fingerprint density at radius 2 is 2.33 bits per heavy atom. The van der Waals surface area contributed by atoms with E-state index in [4.69, 9.17) is 23.7 Å². The van der Waals surface area contributed by atoms with Crippen LogP contribution >= 0.6 is 0 Å². The normalized spacial score (nSPS) is 14.4. The van der Waals surface area contributed by atoms with E-state index in [1.807, 2.05) is 0 Å². The molecule has 0 unspecified atom stereocenters. The zero-order valence-electron chi connectivity index (χ0n) is 5.04. The average molecular weight is 126 g/mol. The molecule has 0 rings (SSSR count). The molecular weight excluding hydrogens is 116 g/mol. The summed E-state index contributed by atoms with van der Waals surface area (Å²) < 4.78 is 0. The molecular formula is C5H10N4. The van der Waals surface area contributed by atoms with E-state index in [9.17, 15) is 0 Å². The molecule has 0 heterocycles. The lowest BCUT2D eigenvalue weighted by atomic mass is 10.2. The monoisotopic (exact) mass is 126 g/mol. The van der Waals surface area contributed by atoms with Crippen LogP contribution < -0.4 is 17.3 Å². The van der Waals surface area contributed by atoms with Gasteiger partial charge in [-0.1, -0.05) is 0 Å². The van der Waals surface area contributed by atoms with Crippen molar-refractivity contribution in [3.05, 3.63) is 0 Å². The Bertz CT molecular complexity index is 144. The van der Waals surface area contributed by atoms with Crippen LogP contribution in [0.5, 0.6) is 0 Å². The van der Waals surface area contributed by atoms with E-state index in [-0.39, 0.29) is 5.84 Å².